The van der Waals surface area contributed by atoms with Crippen LogP contribution in [0, 0.1) is 12.7 Å². The molecule has 0 saturated heterocycles. The third-order valence-electron chi connectivity index (χ3n) is 1.74. The van der Waals surface area contributed by atoms with Gasteiger partial charge in [0.15, 0.2) is 10.2 Å². The summed E-state index contributed by atoms with van der Waals surface area (Å²) in [5.41, 5.74) is 0. The van der Waals surface area contributed by atoms with Gasteiger partial charge in [-0.15, -0.1) is 0 Å². The monoisotopic (exact) mass is 271 g/mol. The Bertz CT molecular complexity index is 516. The number of hydrogen-bond donors (Lipinski definition) is 1. The highest BCUT2D eigenvalue weighted by Gasteiger charge is 2.11. The first kappa shape index (κ1) is 12.2. The van der Waals surface area contributed by atoms with Gasteiger partial charge in [0, 0.05) is 6.54 Å². The fourth-order valence-corrected chi connectivity index (χ4v) is 2.62. The van der Waals surface area contributed by atoms with Crippen molar-refractivity contribution in [2.75, 3.05) is 11.9 Å². The van der Waals surface area contributed by atoms with Gasteiger partial charge < -0.3 is 5.32 Å². The summed E-state index contributed by atoms with van der Waals surface area (Å²) >= 11 is 2.38. The highest BCUT2D eigenvalue weighted by atomic mass is 32.2. The lowest BCUT2D eigenvalue weighted by Gasteiger charge is -2.03. The largest absolute Gasteiger partial charge is 0.354 e. The Balaban J connectivity index is 2.22. The van der Waals surface area contributed by atoms with E-state index in [1.54, 1.807) is 6.92 Å². The molecule has 0 aromatic carbocycles. The molecular weight excluding hydrogens is 261 g/mol. The van der Waals surface area contributed by atoms with E-state index in [9.17, 15) is 4.39 Å². The summed E-state index contributed by atoms with van der Waals surface area (Å²) in [5.74, 6) is 0.640. The zero-order valence-electron chi connectivity index (χ0n) is 9.27. The fraction of sp³-hybridized carbons (Fsp3) is 0.333. The van der Waals surface area contributed by atoms with E-state index in [0.29, 0.717) is 22.7 Å². The summed E-state index contributed by atoms with van der Waals surface area (Å²) < 4.78 is 18.2. The van der Waals surface area contributed by atoms with Gasteiger partial charge in [-0.05, 0) is 37.1 Å². The Labute approximate surface area is 106 Å². The van der Waals surface area contributed by atoms with E-state index < -0.39 is 5.82 Å². The number of nitrogens with zero attached hydrogens (tertiary/aromatic N) is 4. The maximum absolute atomic E-state index is 13.5. The predicted octanol–water partition coefficient (Wildman–Crippen LogP) is 2.36. The van der Waals surface area contributed by atoms with E-state index in [1.807, 2.05) is 6.92 Å². The van der Waals surface area contributed by atoms with Gasteiger partial charge in [0.2, 0.25) is 5.95 Å². The molecule has 0 aliphatic rings. The number of aromatic nitrogens is 4. The highest BCUT2D eigenvalue weighted by Crippen LogP contribution is 2.29. The molecule has 0 amide bonds. The Morgan fingerprint density at radius 3 is 2.94 bits per heavy atom. The van der Waals surface area contributed by atoms with Gasteiger partial charge in [0.1, 0.15) is 10.9 Å². The van der Waals surface area contributed by atoms with Crippen LogP contribution in [0.25, 0.3) is 0 Å². The van der Waals surface area contributed by atoms with E-state index in [4.69, 9.17) is 0 Å². The molecule has 8 heteroatoms. The van der Waals surface area contributed by atoms with E-state index in [0.717, 1.165) is 18.0 Å². The van der Waals surface area contributed by atoms with Crippen molar-refractivity contribution in [2.24, 2.45) is 0 Å². The third kappa shape index (κ3) is 3.10. The lowest BCUT2D eigenvalue weighted by atomic mass is 10.6. The molecule has 0 aliphatic carbocycles. The van der Waals surface area contributed by atoms with Crippen molar-refractivity contribution >= 4 is 29.2 Å². The number of hydrogen-bond acceptors (Lipinski definition) is 7. The van der Waals surface area contributed by atoms with E-state index in [1.165, 1.54) is 11.5 Å². The summed E-state index contributed by atoms with van der Waals surface area (Å²) in [4.78, 5) is 12.0. The van der Waals surface area contributed by atoms with Gasteiger partial charge in [-0.2, -0.15) is 4.37 Å². The Kier molecular flexibility index (Phi) is 3.85. The van der Waals surface area contributed by atoms with Crippen LogP contribution in [0.4, 0.5) is 10.3 Å². The zero-order valence-corrected chi connectivity index (χ0v) is 10.9. The molecule has 1 N–H and O–H groups in total. The molecule has 0 aliphatic heterocycles. The number of nitrogens with one attached hydrogen (secondary N) is 1. The first-order valence-corrected chi connectivity index (χ1v) is 6.52. The molecule has 0 fully saturated rings. The van der Waals surface area contributed by atoms with Gasteiger partial charge in [0.05, 0.1) is 6.20 Å². The molecule has 0 unspecified atom stereocenters. The summed E-state index contributed by atoms with van der Waals surface area (Å²) in [5, 5.41) is 3.19. The second-order valence-electron chi connectivity index (χ2n) is 3.09. The topological polar surface area (TPSA) is 63.6 Å². The summed E-state index contributed by atoms with van der Waals surface area (Å²) in [7, 11) is 0. The molecule has 0 spiro atoms. The van der Waals surface area contributed by atoms with Gasteiger partial charge >= 0.3 is 0 Å². The van der Waals surface area contributed by atoms with E-state index >= 15 is 0 Å². The zero-order chi connectivity index (χ0) is 12.3. The Morgan fingerprint density at radius 1 is 1.47 bits per heavy atom. The Morgan fingerprint density at radius 2 is 2.29 bits per heavy atom. The molecule has 0 bridgehead atoms. The lowest BCUT2D eigenvalue weighted by Crippen LogP contribution is -2.03. The van der Waals surface area contributed by atoms with Gasteiger partial charge in [-0.25, -0.2) is 19.3 Å². The first-order chi connectivity index (χ1) is 8.19. The van der Waals surface area contributed by atoms with Crippen LogP contribution >= 0.6 is 23.3 Å². The second-order valence-corrected chi connectivity index (χ2v) is 5.07. The predicted molar refractivity (Wildman–Crippen MR) is 64.9 cm³/mol. The van der Waals surface area contributed by atoms with E-state index in [2.05, 4.69) is 24.6 Å². The minimum atomic E-state index is -0.454. The first-order valence-electron chi connectivity index (χ1n) is 4.93. The fourth-order valence-electron chi connectivity index (χ4n) is 1.07. The van der Waals surface area contributed by atoms with Crippen molar-refractivity contribution < 1.29 is 4.39 Å². The number of aryl methyl sites for hydroxylation is 1. The van der Waals surface area contributed by atoms with E-state index in [-0.39, 0.29) is 5.03 Å². The normalized spacial score (nSPS) is 10.5. The molecule has 2 aromatic heterocycles. The van der Waals surface area contributed by atoms with Crippen molar-refractivity contribution in [1.29, 1.82) is 0 Å². The van der Waals surface area contributed by atoms with Crippen LogP contribution in [0.15, 0.2) is 15.6 Å². The Hall–Kier alpha value is -1.28. The van der Waals surface area contributed by atoms with Crippen molar-refractivity contribution in [3.05, 3.63) is 17.8 Å². The van der Waals surface area contributed by atoms with Crippen LogP contribution in [-0.4, -0.2) is 25.9 Å². The standard InChI is InChI=1S/C9H10FN5S2/c1-3-11-8-12-4-6(10)7(14-8)16-9-13-5(2)15-17-9/h4H,3H2,1-2H3,(H,11,12,14). The average molecular weight is 271 g/mol. The average Bonchev–Trinajstić information content (AvgIpc) is 2.69. The van der Waals surface area contributed by atoms with Crippen LogP contribution < -0.4 is 5.32 Å². The minimum Gasteiger partial charge on any atom is -0.354 e. The molecule has 0 radical (unpaired) electrons. The number of anilines is 1. The molecule has 0 saturated carbocycles. The third-order valence-corrected chi connectivity index (χ3v) is 3.56. The number of rotatable bonds is 4. The minimum absolute atomic E-state index is 0.257. The SMILES string of the molecule is CCNc1ncc(F)c(Sc2nc(C)ns2)n1. The molecule has 90 valence electrons. The van der Waals surface area contributed by atoms with Crippen LogP contribution in [0.3, 0.4) is 0 Å². The maximum atomic E-state index is 13.5. The molecule has 0 atom stereocenters. The summed E-state index contributed by atoms with van der Waals surface area (Å²) in [6, 6.07) is 0. The van der Waals surface area contributed by atoms with Crippen LogP contribution in [-0.2, 0) is 0 Å². The van der Waals surface area contributed by atoms with Gasteiger partial charge in [-0.3, -0.25) is 0 Å². The lowest BCUT2D eigenvalue weighted by molar-refractivity contribution is 0.580. The van der Waals surface area contributed by atoms with Gasteiger partial charge in [-0.1, -0.05) is 0 Å². The molecular formula is C9H10FN5S2. The highest BCUT2D eigenvalue weighted by molar-refractivity contribution is 8.00. The molecule has 5 nitrogen and oxygen atoms in total. The van der Waals surface area contributed by atoms with Crippen LogP contribution in [0.1, 0.15) is 12.7 Å². The summed E-state index contributed by atoms with van der Waals surface area (Å²) in [6.07, 6.45) is 1.15. The van der Waals surface area contributed by atoms with Crippen LogP contribution in [0.2, 0.25) is 0 Å². The maximum Gasteiger partial charge on any atom is 0.223 e. The molecule has 2 aromatic rings. The smallest absolute Gasteiger partial charge is 0.223 e. The molecule has 17 heavy (non-hydrogen) atoms. The van der Waals surface area contributed by atoms with Gasteiger partial charge in [0.25, 0.3) is 0 Å². The quantitative estimate of drug-likeness (QED) is 0.861. The van der Waals surface area contributed by atoms with Crippen molar-refractivity contribution in [3.8, 4) is 0 Å². The van der Waals surface area contributed by atoms with Crippen LogP contribution in [0.5, 0.6) is 0 Å². The number of halogens is 1. The molecule has 2 rings (SSSR count). The van der Waals surface area contributed by atoms with Crippen molar-refractivity contribution in [2.45, 2.75) is 23.2 Å². The summed E-state index contributed by atoms with van der Waals surface area (Å²) in [6.45, 7) is 4.41. The van der Waals surface area contributed by atoms with Crippen molar-refractivity contribution in [3.63, 3.8) is 0 Å². The molecule has 2 heterocycles. The second kappa shape index (κ2) is 5.37. The van der Waals surface area contributed by atoms with Crippen molar-refractivity contribution in [1.82, 2.24) is 19.3 Å².